The van der Waals surface area contributed by atoms with Gasteiger partial charge in [-0.15, -0.1) is 0 Å². The zero-order valence-electron chi connectivity index (χ0n) is 9.70. The molecular formula is C10H23N3O2. The fourth-order valence-corrected chi connectivity index (χ4v) is 1.42. The third-order valence-corrected chi connectivity index (χ3v) is 2.37. The van der Waals surface area contributed by atoms with Gasteiger partial charge in [0.2, 0.25) is 5.91 Å². The molecule has 0 saturated heterocycles. The van der Waals surface area contributed by atoms with Crippen LogP contribution < -0.4 is 11.1 Å². The maximum Gasteiger partial charge on any atom is 0.224 e. The van der Waals surface area contributed by atoms with Gasteiger partial charge in [0.25, 0.3) is 0 Å². The van der Waals surface area contributed by atoms with E-state index in [9.17, 15) is 4.79 Å². The average Bonchev–Trinajstić information content (AvgIpc) is 2.25. The highest BCUT2D eigenvalue weighted by Gasteiger charge is 2.15. The van der Waals surface area contributed by atoms with Gasteiger partial charge in [-0.1, -0.05) is 0 Å². The van der Waals surface area contributed by atoms with Crippen LogP contribution in [0.4, 0.5) is 0 Å². The predicted molar refractivity (Wildman–Crippen MR) is 60.5 cm³/mol. The molecule has 1 atom stereocenters. The Bertz CT molecular complexity index is 172. The van der Waals surface area contributed by atoms with Gasteiger partial charge >= 0.3 is 0 Å². The van der Waals surface area contributed by atoms with Crippen LogP contribution >= 0.6 is 0 Å². The normalized spacial score (nSPS) is 12.5. The second-order valence-electron chi connectivity index (χ2n) is 3.38. The number of nitrogens with zero attached hydrogens (tertiary/aromatic N) is 1. The highest BCUT2D eigenvalue weighted by atomic mass is 16.3. The van der Waals surface area contributed by atoms with E-state index in [1.807, 2.05) is 13.8 Å². The molecule has 0 bridgehead atoms. The SMILES string of the molecule is CCN(CC)C(=O)CC(CN)NCCO. The number of carbonyl (C=O) groups excluding carboxylic acids is 1. The summed E-state index contributed by atoms with van der Waals surface area (Å²) in [6.07, 6.45) is 0.401. The molecule has 0 aromatic carbocycles. The molecule has 0 radical (unpaired) electrons. The van der Waals surface area contributed by atoms with Gasteiger partial charge < -0.3 is 21.1 Å². The van der Waals surface area contributed by atoms with Crippen LogP contribution in [0.25, 0.3) is 0 Å². The molecule has 15 heavy (non-hydrogen) atoms. The third-order valence-electron chi connectivity index (χ3n) is 2.37. The van der Waals surface area contributed by atoms with Gasteiger partial charge in [0.1, 0.15) is 0 Å². The summed E-state index contributed by atoms with van der Waals surface area (Å²) in [5.74, 6) is 0.112. The Balaban J connectivity index is 3.98. The Morgan fingerprint density at radius 3 is 2.47 bits per heavy atom. The van der Waals surface area contributed by atoms with E-state index in [0.717, 1.165) is 13.1 Å². The Labute approximate surface area is 91.6 Å². The van der Waals surface area contributed by atoms with Gasteiger partial charge in [0.05, 0.1) is 6.61 Å². The third kappa shape index (κ3) is 5.71. The van der Waals surface area contributed by atoms with E-state index in [-0.39, 0.29) is 18.6 Å². The monoisotopic (exact) mass is 217 g/mol. The summed E-state index contributed by atoms with van der Waals surface area (Å²) in [6, 6.07) is -0.0368. The number of carbonyl (C=O) groups is 1. The van der Waals surface area contributed by atoms with Gasteiger partial charge in [-0.05, 0) is 13.8 Å². The number of hydrogen-bond acceptors (Lipinski definition) is 4. The van der Waals surface area contributed by atoms with Crippen LogP contribution in [0, 0.1) is 0 Å². The van der Waals surface area contributed by atoms with Crippen molar-refractivity contribution in [2.45, 2.75) is 26.3 Å². The molecule has 0 aliphatic heterocycles. The summed E-state index contributed by atoms with van der Waals surface area (Å²) < 4.78 is 0. The topological polar surface area (TPSA) is 78.6 Å². The van der Waals surface area contributed by atoms with E-state index in [1.165, 1.54) is 0 Å². The van der Waals surface area contributed by atoms with Gasteiger partial charge in [-0.25, -0.2) is 0 Å². The zero-order chi connectivity index (χ0) is 11.7. The molecule has 0 aromatic rings. The zero-order valence-corrected chi connectivity index (χ0v) is 9.70. The first kappa shape index (κ1) is 14.3. The van der Waals surface area contributed by atoms with Crippen LogP contribution in [0.3, 0.4) is 0 Å². The van der Waals surface area contributed by atoms with E-state index < -0.39 is 0 Å². The number of hydrogen-bond donors (Lipinski definition) is 3. The summed E-state index contributed by atoms with van der Waals surface area (Å²) in [5.41, 5.74) is 5.53. The van der Waals surface area contributed by atoms with Crippen LogP contribution in [0.2, 0.25) is 0 Å². The quantitative estimate of drug-likeness (QED) is 0.495. The lowest BCUT2D eigenvalue weighted by atomic mass is 10.2. The van der Waals surface area contributed by atoms with E-state index >= 15 is 0 Å². The van der Waals surface area contributed by atoms with Crippen molar-refractivity contribution >= 4 is 5.91 Å². The summed E-state index contributed by atoms with van der Waals surface area (Å²) in [5, 5.41) is 11.7. The molecule has 5 heteroatoms. The summed E-state index contributed by atoms with van der Waals surface area (Å²) in [6.45, 7) is 6.33. The number of nitrogens with one attached hydrogen (secondary N) is 1. The lowest BCUT2D eigenvalue weighted by Crippen LogP contribution is -2.43. The molecule has 1 unspecified atom stereocenters. The lowest BCUT2D eigenvalue weighted by molar-refractivity contribution is -0.131. The van der Waals surface area contributed by atoms with Gasteiger partial charge in [-0.2, -0.15) is 0 Å². The molecule has 0 spiro atoms. The van der Waals surface area contributed by atoms with Crippen molar-refractivity contribution in [1.29, 1.82) is 0 Å². The highest BCUT2D eigenvalue weighted by molar-refractivity contribution is 5.76. The molecule has 0 heterocycles. The Hall–Kier alpha value is -0.650. The van der Waals surface area contributed by atoms with Crippen molar-refractivity contribution in [2.75, 3.05) is 32.8 Å². The van der Waals surface area contributed by atoms with Crippen molar-refractivity contribution in [3.63, 3.8) is 0 Å². The number of nitrogens with two attached hydrogens (primary N) is 1. The first-order chi connectivity index (χ1) is 7.19. The Morgan fingerprint density at radius 1 is 1.47 bits per heavy atom. The van der Waals surface area contributed by atoms with Gasteiger partial charge in [0, 0.05) is 38.6 Å². The minimum atomic E-state index is -0.0368. The molecule has 0 aliphatic carbocycles. The minimum absolute atomic E-state index is 0.0368. The summed E-state index contributed by atoms with van der Waals surface area (Å²) >= 11 is 0. The van der Waals surface area contributed by atoms with Crippen molar-refractivity contribution < 1.29 is 9.90 Å². The number of rotatable bonds is 8. The standard InChI is InChI=1S/C10H23N3O2/c1-3-13(4-2)10(15)7-9(8-11)12-5-6-14/h9,12,14H,3-8,11H2,1-2H3. The summed E-state index contributed by atoms with van der Waals surface area (Å²) in [7, 11) is 0. The lowest BCUT2D eigenvalue weighted by Gasteiger charge is -2.22. The van der Waals surface area contributed by atoms with Crippen LogP contribution in [0.5, 0.6) is 0 Å². The number of amides is 1. The first-order valence-corrected chi connectivity index (χ1v) is 5.51. The smallest absolute Gasteiger partial charge is 0.224 e. The van der Waals surface area contributed by atoms with E-state index in [4.69, 9.17) is 10.8 Å². The van der Waals surface area contributed by atoms with Crippen LogP contribution in [-0.4, -0.2) is 54.7 Å². The molecule has 0 aromatic heterocycles. The van der Waals surface area contributed by atoms with Crippen LogP contribution in [-0.2, 0) is 4.79 Å². The molecular weight excluding hydrogens is 194 g/mol. The molecule has 4 N–H and O–H groups in total. The second-order valence-corrected chi connectivity index (χ2v) is 3.38. The van der Waals surface area contributed by atoms with Crippen molar-refractivity contribution in [1.82, 2.24) is 10.2 Å². The average molecular weight is 217 g/mol. The molecule has 0 rings (SSSR count). The molecule has 1 amide bonds. The fraction of sp³-hybridized carbons (Fsp3) is 0.900. The van der Waals surface area contributed by atoms with E-state index in [1.54, 1.807) is 4.90 Å². The Morgan fingerprint density at radius 2 is 2.07 bits per heavy atom. The predicted octanol–water partition coefficient (Wildman–Crippen LogP) is -0.846. The maximum absolute atomic E-state index is 11.7. The molecule has 90 valence electrons. The van der Waals surface area contributed by atoms with Crippen molar-refractivity contribution in [2.24, 2.45) is 5.73 Å². The highest BCUT2D eigenvalue weighted by Crippen LogP contribution is 1.97. The number of aliphatic hydroxyl groups is 1. The molecule has 0 saturated carbocycles. The number of aliphatic hydroxyl groups excluding tert-OH is 1. The maximum atomic E-state index is 11.7. The van der Waals surface area contributed by atoms with Crippen LogP contribution in [0.15, 0.2) is 0 Å². The Kier molecular flexibility index (Phi) is 8.27. The van der Waals surface area contributed by atoms with Gasteiger partial charge in [-0.3, -0.25) is 4.79 Å². The molecule has 0 aliphatic rings. The second kappa shape index (κ2) is 8.64. The van der Waals surface area contributed by atoms with E-state index in [2.05, 4.69) is 5.32 Å². The summed E-state index contributed by atoms with van der Waals surface area (Å²) in [4.78, 5) is 13.5. The first-order valence-electron chi connectivity index (χ1n) is 5.51. The van der Waals surface area contributed by atoms with Crippen molar-refractivity contribution in [3.05, 3.63) is 0 Å². The molecule has 5 nitrogen and oxygen atoms in total. The van der Waals surface area contributed by atoms with E-state index in [0.29, 0.717) is 19.5 Å². The fourth-order valence-electron chi connectivity index (χ4n) is 1.42. The largest absolute Gasteiger partial charge is 0.395 e. The van der Waals surface area contributed by atoms with Crippen molar-refractivity contribution in [3.8, 4) is 0 Å². The van der Waals surface area contributed by atoms with Gasteiger partial charge in [0.15, 0.2) is 0 Å². The van der Waals surface area contributed by atoms with Crippen LogP contribution in [0.1, 0.15) is 20.3 Å². The molecule has 0 fully saturated rings. The minimum Gasteiger partial charge on any atom is -0.395 e.